The van der Waals surface area contributed by atoms with Crippen molar-refractivity contribution in [1.82, 2.24) is 24.9 Å². The van der Waals surface area contributed by atoms with E-state index in [1.807, 2.05) is 12.1 Å². The highest BCUT2D eigenvalue weighted by molar-refractivity contribution is 7.99. The predicted molar refractivity (Wildman–Crippen MR) is 131 cm³/mol. The third-order valence-electron chi connectivity index (χ3n) is 5.57. The SMILES string of the molecule is CCc1[nH]c2nc(Sc3cc(Cl)c4c(N)nc(C)nc4c3)nc(N3CCC(N)C3)c2c1Cl. The Labute approximate surface area is 199 Å². The monoisotopic (exact) mass is 488 g/mol. The van der Waals surface area contributed by atoms with Crippen molar-refractivity contribution in [2.45, 2.75) is 42.8 Å². The lowest BCUT2D eigenvalue weighted by Gasteiger charge is -2.18. The minimum absolute atomic E-state index is 0.118. The van der Waals surface area contributed by atoms with Crippen LogP contribution >= 0.6 is 35.0 Å². The second-order valence-electron chi connectivity index (χ2n) is 7.88. The van der Waals surface area contributed by atoms with Crippen LogP contribution in [-0.4, -0.2) is 44.1 Å². The Bertz CT molecular complexity index is 1360. The molecule has 0 saturated carbocycles. The normalized spacial score (nSPS) is 16.5. The number of halogens is 2. The highest BCUT2D eigenvalue weighted by atomic mass is 35.5. The molecule has 1 aliphatic rings. The molecule has 1 aliphatic heterocycles. The molecule has 0 bridgehead atoms. The number of aromatic amines is 1. The van der Waals surface area contributed by atoms with Crippen LogP contribution in [0.2, 0.25) is 10.0 Å². The number of H-pyrrole nitrogens is 1. The zero-order chi connectivity index (χ0) is 22.6. The Morgan fingerprint density at radius 3 is 2.72 bits per heavy atom. The van der Waals surface area contributed by atoms with Gasteiger partial charge in [-0.15, -0.1) is 0 Å². The standard InChI is InChI=1S/C21H22Cl2N8S/c1-3-13-17(23)16-19(28-13)29-21(30-20(16)31-5-4-10(24)8-31)32-11-6-12(22)15-14(7-11)26-9(2)27-18(15)25/h6-7,10H,3-5,8,24H2,1-2H3,(H2,25,26,27)(H,28,29,30). The van der Waals surface area contributed by atoms with Gasteiger partial charge in [-0.1, -0.05) is 30.1 Å². The van der Waals surface area contributed by atoms with Gasteiger partial charge < -0.3 is 21.4 Å². The highest BCUT2D eigenvalue weighted by Gasteiger charge is 2.26. The van der Waals surface area contributed by atoms with Crippen molar-refractivity contribution < 1.29 is 0 Å². The average Bonchev–Trinajstić information content (AvgIpc) is 3.29. The first kappa shape index (κ1) is 21.5. The summed E-state index contributed by atoms with van der Waals surface area (Å²) in [4.78, 5) is 24.7. The molecule has 11 heteroatoms. The van der Waals surface area contributed by atoms with E-state index in [-0.39, 0.29) is 6.04 Å². The van der Waals surface area contributed by atoms with Gasteiger partial charge in [0.05, 0.1) is 26.3 Å². The van der Waals surface area contributed by atoms with Crippen LogP contribution in [0.1, 0.15) is 24.9 Å². The number of rotatable bonds is 4. The number of nitrogens with two attached hydrogens (primary N) is 2. The number of aromatic nitrogens is 5. The van der Waals surface area contributed by atoms with Gasteiger partial charge >= 0.3 is 0 Å². The predicted octanol–water partition coefficient (Wildman–Crippen LogP) is 4.35. The van der Waals surface area contributed by atoms with Gasteiger partial charge in [0.2, 0.25) is 0 Å². The zero-order valence-electron chi connectivity index (χ0n) is 17.6. The molecule has 4 heterocycles. The maximum atomic E-state index is 6.69. The van der Waals surface area contributed by atoms with Gasteiger partial charge in [-0.25, -0.2) is 19.9 Å². The molecule has 5 rings (SSSR count). The summed E-state index contributed by atoms with van der Waals surface area (Å²) in [6.45, 7) is 5.42. The second-order valence-corrected chi connectivity index (χ2v) is 9.70. The van der Waals surface area contributed by atoms with Crippen LogP contribution in [0, 0.1) is 6.92 Å². The summed E-state index contributed by atoms with van der Waals surface area (Å²) in [5.41, 5.74) is 14.6. The summed E-state index contributed by atoms with van der Waals surface area (Å²) in [7, 11) is 0. The summed E-state index contributed by atoms with van der Waals surface area (Å²) >= 11 is 14.6. The molecule has 3 aromatic heterocycles. The molecule has 0 aliphatic carbocycles. The fourth-order valence-corrected chi connectivity index (χ4v) is 5.63. The Morgan fingerprint density at radius 1 is 1.19 bits per heavy atom. The number of hydrogen-bond donors (Lipinski definition) is 3. The molecule has 1 saturated heterocycles. The van der Waals surface area contributed by atoms with Crippen molar-refractivity contribution in [1.29, 1.82) is 0 Å². The maximum Gasteiger partial charge on any atom is 0.196 e. The molecule has 1 aromatic carbocycles. The topological polar surface area (TPSA) is 123 Å². The van der Waals surface area contributed by atoms with Crippen molar-refractivity contribution >= 4 is 68.5 Å². The Balaban J connectivity index is 1.62. The summed E-state index contributed by atoms with van der Waals surface area (Å²) in [6, 6.07) is 3.88. The fraction of sp³-hybridized carbons (Fsp3) is 0.333. The second kappa shape index (κ2) is 8.22. The van der Waals surface area contributed by atoms with Gasteiger partial charge in [-0.2, -0.15) is 0 Å². The van der Waals surface area contributed by atoms with E-state index in [4.69, 9.17) is 44.6 Å². The van der Waals surface area contributed by atoms with Crippen molar-refractivity contribution in [3.63, 3.8) is 0 Å². The number of nitrogens with zero attached hydrogens (tertiary/aromatic N) is 5. The first-order chi connectivity index (χ1) is 15.3. The van der Waals surface area contributed by atoms with E-state index in [0.717, 1.165) is 47.7 Å². The van der Waals surface area contributed by atoms with E-state index in [2.05, 4.69) is 26.8 Å². The minimum atomic E-state index is 0.118. The number of nitrogens with one attached hydrogen (secondary N) is 1. The van der Waals surface area contributed by atoms with Crippen LogP contribution in [0.4, 0.5) is 11.6 Å². The van der Waals surface area contributed by atoms with Gasteiger partial charge in [0.15, 0.2) is 5.16 Å². The lowest BCUT2D eigenvalue weighted by atomic mass is 10.2. The van der Waals surface area contributed by atoms with Crippen LogP contribution in [0.25, 0.3) is 21.9 Å². The third kappa shape index (κ3) is 3.73. The molecule has 1 atom stereocenters. The summed E-state index contributed by atoms with van der Waals surface area (Å²) in [5, 5.41) is 3.24. The Hall–Kier alpha value is -2.33. The molecule has 1 fully saturated rings. The highest BCUT2D eigenvalue weighted by Crippen LogP contribution is 2.39. The summed E-state index contributed by atoms with van der Waals surface area (Å²) in [5.74, 6) is 1.76. The fourth-order valence-electron chi connectivity index (χ4n) is 4.07. The first-order valence-corrected chi connectivity index (χ1v) is 11.9. The molecule has 5 N–H and O–H groups in total. The van der Waals surface area contributed by atoms with Crippen molar-refractivity contribution in [3.05, 3.63) is 33.7 Å². The maximum absolute atomic E-state index is 6.69. The molecule has 32 heavy (non-hydrogen) atoms. The van der Waals surface area contributed by atoms with Crippen LogP contribution in [0.3, 0.4) is 0 Å². The van der Waals surface area contributed by atoms with Crippen LogP contribution in [0.15, 0.2) is 22.2 Å². The van der Waals surface area contributed by atoms with Crippen LogP contribution in [-0.2, 0) is 6.42 Å². The van der Waals surface area contributed by atoms with Gasteiger partial charge in [0, 0.05) is 29.7 Å². The first-order valence-electron chi connectivity index (χ1n) is 10.3. The molecular formula is C21H22Cl2N8S. The number of aryl methyl sites for hydroxylation is 2. The van der Waals surface area contributed by atoms with E-state index < -0.39 is 0 Å². The Kier molecular flexibility index (Phi) is 5.53. The van der Waals surface area contributed by atoms with Crippen molar-refractivity contribution in [2.24, 2.45) is 5.73 Å². The van der Waals surface area contributed by atoms with Crippen molar-refractivity contribution in [3.8, 4) is 0 Å². The number of benzene rings is 1. The lowest BCUT2D eigenvalue weighted by Crippen LogP contribution is -2.27. The van der Waals surface area contributed by atoms with E-state index in [9.17, 15) is 0 Å². The number of anilines is 2. The van der Waals surface area contributed by atoms with Gasteiger partial charge in [0.1, 0.15) is 23.1 Å². The van der Waals surface area contributed by atoms with Crippen molar-refractivity contribution in [2.75, 3.05) is 23.7 Å². The summed E-state index contributed by atoms with van der Waals surface area (Å²) < 4.78 is 0. The molecule has 4 aromatic rings. The van der Waals surface area contributed by atoms with E-state index in [1.165, 1.54) is 11.8 Å². The third-order valence-corrected chi connectivity index (χ3v) is 7.13. The number of fused-ring (bicyclic) bond motifs is 2. The minimum Gasteiger partial charge on any atom is -0.383 e. The average molecular weight is 489 g/mol. The molecule has 1 unspecified atom stereocenters. The van der Waals surface area contributed by atoms with Gasteiger partial charge in [0.25, 0.3) is 0 Å². The lowest BCUT2D eigenvalue weighted by molar-refractivity contribution is 0.751. The molecular weight excluding hydrogens is 467 g/mol. The largest absolute Gasteiger partial charge is 0.383 e. The Morgan fingerprint density at radius 2 is 2.00 bits per heavy atom. The molecule has 0 radical (unpaired) electrons. The number of hydrogen-bond acceptors (Lipinski definition) is 8. The number of nitrogen functional groups attached to an aromatic ring is 1. The quantitative estimate of drug-likeness (QED) is 0.362. The molecule has 166 valence electrons. The van der Waals surface area contributed by atoms with Crippen LogP contribution < -0.4 is 16.4 Å². The molecule has 8 nitrogen and oxygen atoms in total. The smallest absolute Gasteiger partial charge is 0.196 e. The molecule has 0 spiro atoms. The van der Waals surface area contributed by atoms with E-state index in [1.54, 1.807) is 6.92 Å². The van der Waals surface area contributed by atoms with Gasteiger partial charge in [-0.05, 0) is 43.7 Å². The van der Waals surface area contributed by atoms with Crippen LogP contribution in [0.5, 0.6) is 0 Å². The zero-order valence-corrected chi connectivity index (χ0v) is 19.9. The van der Waals surface area contributed by atoms with E-state index >= 15 is 0 Å². The van der Waals surface area contributed by atoms with Gasteiger partial charge in [-0.3, -0.25) is 0 Å². The molecule has 0 amide bonds. The van der Waals surface area contributed by atoms with E-state index in [0.29, 0.717) is 43.4 Å². The summed E-state index contributed by atoms with van der Waals surface area (Å²) in [6.07, 6.45) is 1.69.